The van der Waals surface area contributed by atoms with Crippen LogP contribution in [0, 0.1) is 17.8 Å². The number of hydrogen-bond donors (Lipinski definition) is 2. The topological polar surface area (TPSA) is 89.7 Å². The van der Waals surface area contributed by atoms with Gasteiger partial charge in [0.2, 0.25) is 5.79 Å². The van der Waals surface area contributed by atoms with Crippen molar-refractivity contribution in [2.45, 2.75) is 73.7 Å². The number of benzene rings is 3. The minimum atomic E-state index is -1.03. The predicted molar refractivity (Wildman–Crippen MR) is 202 cm³/mol. The zero-order valence-electron chi connectivity index (χ0n) is 29.2. The first kappa shape index (κ1) is 36.2. The van der Waals surface area contributed by atoms with E-state index in [2.05, 4.69) is 67.8 Å². The van der Waals surface area contributed by atoms with Gasteiger partial charge in [-0.2, -0.15) is 0 Å². The number of thioether (sulfide) groups is 1. The Balaban J connectivity index is 1.55. The van der Waals surface area contributed by atoms with Crippen molar-refractivity contribution in [2.24, 2.45) is 22.9 Å². The van der Waals surface area contributed by atoms with Gasteiger partial charge in [0.05, 0.1) is 23.5 Å². The molecule has 3 aliphatic rings. The van der Waals surface area contributed by atoms with Crippen molar-refractivity contribution in [1.29, 1.82) is 0 Å². The smallest absolute Gasteiger partial charge is 0.231 e. The number of oxime groups is 1. The molecule has 6 atom stereocenters. The number of nitrogens with zero attached hydrogens (tertiary/aromatic N) is 1. The number of hydrogen-bond acceptors (Lipinski definition) is 8. The summed E-state index contributed by atoms with van der Waals surface area (Å²) < 4.78 is 20.4. The van der Waals surface area contributed by atoms with E-state index < -0.39 is 5.79 Å². The molecule has 3 aromatic rings. The number of allylic oxidation sites excluding steroid dienone is 1. The fraction of sp³-hybridized carbons (Fsp3) is 0.452. The van der Waals surface area contributed by atoms with Crippen LogP contribution in [0.2, 0.25) is 0 Å². The van der Waals surface area contributed by atoms with E-state index >= 15 is 0 Å². The molecule has 1 saturated carbocycles. The summed E-state index contributed by atoms with van der Waals surface area (Å²) in [6.45, 7) is 11.4. The Labute approximate surface area is 301 Å². The maximum Gasteiger partial charge on any atom is 0.231 e. The van der Waals surface area contributed by atoms with Crippen molar-refractivity contribution in [3.8, 4) is 11.5 Å². The normalized spacial score (nSPS) is 26.0. The summed E-state index contributed by atoms with van der Waals surface area (Å²) in [5.74, 6) is 0.829. The SMILES string of the molecule is C=CCOc1ccc2c(c1)C1C(CCCCO)C(CCCCO)C=C3C(=NOCC)CC(Sc4ccc5ccccc5c4)C(OCC=C)(O2)C31. The number of unbranched alkanes of at least 4 members (excludes halogenated alkanes) is 2. The van der Waals surface area contributed by atoms with Crippen molar-refractivity contribution < 1.29 is 29.3 Å². The molecule has 0 spiro atoms. The van der Waals surface area contributed by atoms with E-state index in [0.29, 0.717) is 26.2 Å². The van der Waals surface area contributed by atoms with Gasteiger partial charge in [0.1, 0.15) is 24.7 Å². The van der Waals surface area contributed by atoms with Crippen LogP contribution in [0.3, 0.4) is 0 Å². The van der Waals surface area contributed by atoms with Crippen LogP contribution in [-0.2, 0) is 9.57 Å². The summed E-state index contributed by atoms with van der Waals surface area (Å²) in [6.07, 6.45) is 11.8. The summed E-state index contributed by atoms with van der Waals surface area (Å²) in [5, 5.41) is 26.6. The Hall–Kier alpha value is -3.56. The molecule has 1 fully saturated rings. The zero-order chi connectivity index (χ0) is 34.9. The van der Waals surface area contributed by atoms with Crippen LogP contribution in [0.5, 0.6) is 11.5 Å². The maximum absolute atomic E-state index is 9.83. The average molecular weight is 698 g/mol. The summed E-state index contributed by atoms with van der Waals surface area (Å²) in [4.78, 5) is 6.97. The Bertz CT molecular complexity index is 1690. The van der Waals surface area contributed by atoms with E-state index in [1.54, 1.807) is 23.9 Å². The average Bonchev–Trinajstić information content (AvgIpc) is 3.14. The fourth-order valence-electron chi connectivity index (χ4n) is 8.22. The largest absolute Gasteiger partial charge is 0.490 e. The lowest BCUT2D eigenvalue weighted by molar-refractivity contribution is -0.223. The molecule has 0 bridgehead atoms. The van der Waals surface area contributed by atoms with Crippen molar-refractivity contribution >= 4 is 28.2 Å². The quantitative estimate of drug-likeness (QED) is 0.0780. The first-order valence-electron chi connectivity index (χ1n) is 18.2. The van der Waals surface area contributed by atoms with Gasteiger partial charge < -0.3 is 29.3 Å². The van der Waals surface area contributed by atoms with Crippen molar-refractivity contribution in [3.05, 3.63) is 103 Å². The number of aliphatic hydroxyl groups is 2. The number of ether oxygens (including phenoxy) is 3. The molecule has 0 saturated heterocycles. The van der Waals surface area contributed by atoms with Crippen LogP contribution in [-0.4, -0.2) is 60.0 Å². The standard InChI is InChI=1S/C42H51NO6S/c1-4-23-46-32-18-20-38-36(27-32)40-34(16-10-12-22-45)31(15-9-11-21-44)26-35-37(43-48-6-3)28-39(42(49-38,41(35)40)47-24-5-2)50-33-19-17-29-13-7-8-14-30(29)25-33/h4-5,7-8,13-14,17-20,25-27,31,34,39-41,44-45H,1-2,6,9-12,15-16,21-24,28H2,3H3. The Kier molecular flexibility index (Phi) is 12.4. The van der Waals surface area contributed by atoms with E-state index in [-0.39, 0.29) is 42.1 Å². The molecule has 50 heavy (non-hydrogen) atoms. The Morgan fingerprint density at radius 2 is 1.72 bits per heavy atom. The summed E-state index contributed by atoms with van der Waals surface area (Å²) >= 11 is 1.77. The molecule has 8 heteroatoms. The van der Waals surface area contributed by atoms with Crippen LogP contribution in [0.15, 0.2) is 108 Å². The third-order valence-corrected chi connectivity index (χ3v) is 11.6. The number of fused-ring (bicyclic) bond motifs is 3. The van der Waals surface area contributed by atoms with Gasteiger partial charge >= 0.3 is 0 Å². The van der Waals surface area contributed by atoms with Crippen molar-refractivity contribution in [1.82, 2.24) is 0 Å². The molecule has 1 aliphatic heterocycles. The lowest BCUT2D eigenvalue weighted by Crippen LogP contribution is -2.64. The molecule has 2 aliphatic carbocycles. The lowest BCUT2D eigenvalue weighted by atomic mass is 9.56. The molecule has 266 valence electrons. The molecule has 0 radical (unpaired) electrons. The van der Waals surface area contributed by atoms with Gasteiger partial charge in [0, 0.05) is 36.0 Å². The highest BCUT2D eigenvalue weighted by molar-refractivity contribution is 8.00. The monoisotopic (exact) mass is 697 g/mol. The number of aliphatic hydroxyl groups excluding tert-OH is 2. The third kappa shape index (κ3) is 7.54. The minimum Gasteiger partial charge on any atom is -0.490 e. The van der Waals surface area contributed by atoms with E-state index in [4.69, 9.17) is 24.2 Å². The highest BCUT2D eigenvalue weighted by Crippen LogP contribution is 2.63. The van der Waals surface area contributed by atoms with Crippen LogP contribution in [0.4, 0.5) is 0 Å². The molecule has 7 nitrogen and oxygen atoms in total. The fourth-order valence-corrected chi connectivity index (χ4v) is 9.56. The maximum atomic E-state index is 9.83. The van der Waals surface area contributed by atoms with E-state index in [9.17, 15) is 10.2 Å². The van der Waals surface area contributed by atoms with Crippen LogP contribution >= 0.6 is 11.8 Å². The zero-order valence-corrected chi connectivity index (χ0v) is 30.0. The minimum absolute atomic E-state index is 0.0143. The summed E-state index contributed by atoms with van der Waals surface area (Å²) in [7, 11) is 0. The molecule has 1 heterocycles. The van der Waals surface area contributed by atoms with Gasteiger partial charge in [0.15, 0.2) is 0 Å². The third-order valence-electron chi connectivity index (χ3n) is 10.3. The Morgan fingerprint density at radius 1 is 0.940 bits per heavy atom. The van der Waals surface area contributed by atoms with Crippen molar-refractivity contribution in [3.63, 3.8) is 0 Å². The van der Waals surface area contributed by atoms with E-state index in [1.807, 2.05) is 19.1 Å². The van der Waals surface area contributed by atoms with Crippen LogP contribution in [0.1, 0.15) is 63.4 Å². The number of rotatable bonds is 18. The van der Waals surface area contributed by atoms with Gasteiger partial charge in [-0.25, -0.2) is 0 Å². The second-order valence-electron chi connectivity index (χ2n) is 13.4. The van der Waals surface area contributed by atoms with Gasteiger partial charge in [-0.1, -0.05) is 73.1 Å². The lowest BCUT2D eigenvalue weighted by Gasteiger charge is -2.58. The summed E-state index contributed by atoms with van der Waals surface area (Å²) in [6, 6.07) is 21.2. The van der Waals surface area contributed by atoms with E-state index in [1.165, 1.54) is 10.8 Å². The van der Waals surface area contributed by atoms with Crippen LogP contribution < -0.4 is 9.47 Å². The van der Waals surface area contributed by atoms with Gasteiger partial charge in [-0.05, 0) is 91.1 Å². The van der Waals surface area contributed by atoms with Gasteiger partial charge in [-0.15, -0.1) is 18.3 Å². The van der Waals surface area contributed by atoms with Crippen molar-refractivity contribution in [2.75, 3.05) is 33.0 Å². The second kappa shape index (κ2) is 17.1. The first-order chi connectivity index (χ1) is 24.6. The summed E-state index contributed by atoms with van der Waals surface area (Å²) in [5.41, 5.74) is 3.16. The molecular formula is C42H51NO6S. The first-order valence-corrected chi connectivity index (χ1v) is 19.0. The Morgan fingerprint density at radius 3 is 2.48 bits per heavy atom. The van der Waals surface area contributed by atoms with Gasteiger partial charge in [0.25, 0.3) is 0 Å². The van der Waals surface area contributed by atoms with Gasteiger partial charge in [-0.3, -0.25) is 0 Å². The molecule has 0 amide bonds. The van der Waals surface area contributed by atoms with Crippen LogP contribution in [0.25, 0.3) is 10.8 Å². The molecular weight excluding hydrogens is 647 g/mol. The predicted octanol–water partition coefficient (Wildman–Crippen LogP) is 8.85. The molecule has 0 aromatic heterocycles. The highest BCUT2D eigenvalue weighted by Gasteiger charge is 2.64. The highest BCUT2D eigenvalue weighted by atomic mass is 32.2. The second-order valence-corrected chi connectivity index (χ2v) is 14.7. The molecule has 3 aromatic carbocycles. The van der Waals surface area contributed by atoms with E-state index in [0.717, 1.165) is 71.8 Å². The molecule has 6 rings (SSSR count). The molecule has 2 N–H and O–H groups in total. The molecule has 6 unspecified atom stereocenters.